The number of rotatable bonds is 27. The van der Waals surface area contributed by atoms with Gasteiger partial charge in [0.05, 0.1) is 13.2 Å². The minimum absolute atomic E-state index is 0.0481. The van der Waals surface area contributed by atoms with Gasteiger partial charge in [0.15, 0.2) is 6.10 Å². The molecule has 0 radical (unpaired) electrons. The van der Waals surface area contributed by atoms with Gasteiger partial charge in [-0.25, -0.2) is 4.57 Å². The quantitative estimate of drug-likeness (QED) is 0.0433. The van der Waals surface area contributed by atoms with E-state index in [1.807, 2.05) is 0 Å². The molecule has 0 saturated heterocycles. The first-order chi connectivity index (χ1) is 19.8. The van der Waals surface area contributed by atoms with Crippen molar-refractivity contribution in [2.75, 3.05) is 26.4 Å². The third-order valence-corrected chi connectivity index (χ3v) is 6.77. The van der Waals surface area contributed by atoms with E-state index in [9.17, 15) is 19.0 Å². The van der Waals surface area contributed by atoms with Crippen LogP contribution in [0.3, 0.4) is 0 Å². The number of hydrogen-bond acceptors (Lipinski definition) is 8. The molecule has 0 amide bonds. The molecule has 0 aliphatic rings. The Labute approximate surface area is 247 Å². The van der Waals surface area contributed by atoms with E-state index in [-0.39, 0.29) is 26.2 Å². The fourth-order valence-corrected chi connectivity index (χ4v) is 4.41. The number of carbonyl (C=O) groups is 2. The fraction of sp³-hybridized carbons (Fsp3) is 0.677. The smallest absolute Gasteiger partial charge is 0.462 e. The molecule has 10 heteroatoms. The third kappa shape index (κ3) is 29.3. The van der Waals surface area contributed by atoms with Crippen molar-refractivity contribution in [1.29, 1.82) is 0 Å². The lowest BCUT2D eigenvalue weighted by molar-refractivity contribution is -0.160. The number of nitrogens with two attached hydrogens (primary N) is 1. The number of unbranched alkanes of at least 4 members (excludes halogenated alkanes) is 8. The van der Waals surface area contributed by atoms with Gasteiger partial charge in [-0.3, -0.25) is 18.6 Å². The van der Waals surface area contributed by atoms with Gasteiger partial charge in [-0.05, 0) is 44.9 Å². The Hall–Kier alpha value is -2.03. The summed E-state index contributed by atoms with van der Waals surface area (Å²) >= 11 is 0. The Morgan fingerprint density at radius 2 is 1.32 bits per heavy atom. The van der Waals surface area contributed by atoms with Crippen LogP contribution >= 0.6 is 7.82 Å². The van der Waals surface area contributed by atoms with Gasteiger partial charge in [-0.15, -0.1) is 0 Å². The van der Waals surface area contributed by atoms with Crippen LogP contribution in [-0.4, -0.2) is 49.3 Å². The summed E-state index contributed by atoms with van der Waals surface area (Å²) in [4.78, 5) is 32.9. The number of esters is 2. The van der Waals surface area contributed by atoms with Gasteiger partial charge in [0.25, 0.3) is 0 Å². The second kappa shape index (κ2) is 28.1. The molecule has 0 aromatic heterocycles. The van der Waals surface area contributed by atoms with E-state index < -0.39 is 32.5 Å². The molecule has 0 aliphatic heterocycles. The normalized spacial score (nSPS) is 14.3. The number of hydrogen-bond donors (Lipinski definition) is 2. The van der Waals surface area contributed by atoms with Crippen molar-refractivity contribution < 1.29 is 37.6 Å². The average Bonchev–Trinajstić information content (AvgIpc) is 2.94. The zero-order chi connectivity index (χ0) is 30.4. The van der Waals surface area contributed by atoms with Gasteiger partial charge >= 0.3 is 19.8 Å². The van der Waals surface area contributed by atoms with Crippen molar-refractivity contribution >= 4 is 19.8 Å². The molecular formula is C31H54NO8P. The molecular weight excluding hydrogens is 545 g/mol. The van der Waals surface area contributed by atoms with E-state index in [2.05, 4.69) is 60.1 Å². The highest BCUT2D eigenvalue weighted by atomic mass is 31.2. The SMILES string of the molecule is CC/C=C\C/C=C\C/C=C\C/C=C\CCCCCCCCCCC(=O)OC(COC(C)=O)COP(=O)(O)OCCN. The van der Waals surface area contributed by atoms with E-state index >= 15 is 0 Å². The molecule has 0 aromatic carbocycles. The lowest BCUT2D eigenvalue weighted by Gasteiger charge is -2.19. The lowest BCUT2D eigenvalue weighted by atomic mass is 10.1. The van der Waals surface area contributed by atoms with Crippen LogP contribution in [0.1, 0.15) is 104 Å². The van der Waals surface area contributed by atoms with Crippen LogP contribution < -0.4 is 5.73 Å². The molecule has 0 heterocycles. The minimum Gasteiger partial charge on any atom is -0.462 e. The minimum atomic E-state index is -4.33. The zero-order valence-corrected chi connectivity index (χ0v) is 26.1. The molecule has 236 valence electrons. The molecule has 0 fully saturated rings. The van der Waals surface area contributed by atoms with Crippen LogP contribution in [0.2, 0.25) is 0 Å². The second-order valence-corrected chi connectivity index (χ2v) is 11.1. The number of phosphoric acid groups is 1. The molecule has 0 aromatic rings. The molecule has 0 rings (SSSR count). The van der Waals surface area contributed by atoms with E-state index in [1.165, 1.54) is 32.6 Å². The summed E-state index contributed by atoms with van der Waals surface area (Å²) in [5, 5.41) is 0. The van der Waals surface area contributed by atoms with Crippen molar-refractivity contribution in [3.63, 3.8) is 0 Å². The first kappa shape index (κ1) is 39.0. The molecule has 41 heavy (non-hydrogen) atoms. The van der Waals surface area contributed by atoms with Crippen molar-refractivity contribution in [1.82, 2.24) is 0 Å². The molecule has 9 nitrogen and oxygen atoms in total. The number of ether oxygens (including phenoxy) is 2. The highest BCUT2D eigenvalue weighted by molar-refractivity contribution is 7.47. The van der Waals surface area contributed by atoms with Crippen LogP contribution in [0.15, 0.2) is 48.6 Å². The van der Waals surface area contributed by atoms with Gasteiger partial charge in [-0.2, -0.15) is 0 Å². The monoisotopic (exact) mass is 599 g/mol. The molecule has 0 aliphatic carbocycles. The molecule has 2 unspecified atom stereocenters. The van der Waals surface area contributed by atoms with Crippen molar-refractivity contribution in [3.8, 4) is 0 Å². The van der Waals surface area contributed by atoms with Gasteiger partial charge in [-0.1, -0.05) is 94.1 Å². The number of carbonyl (C=O) groups excluding carboxylic acids is 2. The van der Waals surface area contributed by atoms with E-state index in [4.69, 9.17) is 19.7 Å². The standard InChI is InChI=1S/C31H54NO8P/c1-3-4-5-6-7-8-9-10-11-12-13-14-15-16-17-18-19-20-21-22-23-24-31(34)40-30(27-37-29(2)33)28-39-41(35,36)38-26-25-32/h4-5,7-8,10-11,13-14,30H,3,6,9,12,15-28,32H2,1-2H3,(H,35,36)/b5-4-,8-7-,11-10-,14-13-. The predicted octanol–water partition coefficient (Wildman–Crippen LogP) is 7.26. The Morgan fingerprint density at radius 1 is 0.780 bits per heavy atom. The number of phosphoric ester groups is 1. The maximum Gasteiger partial charge on any atom is 0.472 e. The summed E-state index contributed by atoms with van der Waals surface area (Å²) < 4.78 is 31.4. The zero-order valence-electron chi connectivity index (χ0n) is 25.3. The van der Waals surface area contributed by atoms with Gasteiger partial charge in [0.1, 0.15) is 6.61 Å². The first-order valence-electron chi connectivity index (χ1n) is 15.1. The first-order valence-corrected chi connectivity index (χ1v) is 16.5. The Kier molecular flexibility index (Phi) is 26.7. The van der Waals surface area contributed by atoms with Gasteiger partial charge in [0, 0.05) is 19.9 Å². The molecule has 0 saturated carbocycles. The third-order valence-electron chi connectivity index (χ3n) is 5.79. The largest absolute Gasteiger partial charge is 0.472 e. The highest BCUT2D eigenvalue weighted by Crippen LogP contribution is 2.43. The summed E-state index contributed by atoms with van der Waals surface area (Å²) in [5.41, 5.74) is 5.24. The molecule has 0 spiro atoms. The van der Waals surface area contributed by atoms with Crippen LogP contribution in [0, 0.1) is 0 Å². The van der Waals surface area contributed by atoms with Crippen LogP contribution in [0.5, 0.6) is 0 Å². The van der Waals surface area contributed by atoms with Crippen molar-refractivity contribution in [3.05, 3.63) is 48.6 Å². The summed E-state index contributed by atoms with van der Waals surface area (Å²) in [5.74, 6) is -1.04. The maximum absolute atomic E-state index is 12.2. The summed E-state index contributed by atoms with van der Waals surface area (Å²) in [7, 11) is -4.33. The second-order valence-electron chi connectivity index (χ2n) is 9.67. The van der Waals surface area contributed by atoms with Gasteiger partial charge in [0.2, 0.25) is 0 Å². The predicted molar refractivity (Wildman–Crippen MR) is 164 cm³/mol. The summed E-state index contributed by atoms with van der Waals surface area (Å²) in [6, 6.07) is 0. The van der Waals surface area contributed by atoms with Crippen molar-refractivity contribution in [2.24, 2.45) is 5.73 Å². The molecule has 0 bridgehead atoms. The van der Waals surface area contributed by atoms with Crippen LogP contribution in [0.25, 0.3) is 0 Å². The lowest BCUT2D eigenvalue weighted by Crippen LogP contribution is -2.29. The summed E-state index contributed by atoms with van der Waals surface area (Å²) in [6.45, 7) is 2.53. The maximum atomic E-state index is 12.2. The summed E-state index contributed by atoms with van der Waals surface area (Å²) in [6.07, 6.45) is 30.8. The molecule has 3 N–H and O–H groups in total. The number of allylic oxidation sites excluding steroid dienone is 8. The van der Waals surface area contributed by atoms with E-state index in [1.54, 1.807) is 0 Å². The van der Waals surface area contributed by atoms with E-state index in [0.29, 0.717) is 6.42 Å². The van der Waals surface area contributed by atoms with Gasteiger partial charge < -0.3 is 20.1 Å². The topological polar surface area (TPSA) is 134 Å². The Balaban J connectivity index is 3.82. The van der Waals surface area contributed by atoms with Crippen molar-refractivity contribution in [2.45, 2.75) is 110 Å². The van der Waals surface area contributed by atoms with E-state index in [0.717, 1.165) is 51.4 Å². The van der Waals surface area contributed by atoms with Crippen LogP contribution in [0.4, 0.5) is 0 Å². The Morgan fingerprint density at radius 3 is 1.88 bits per heavy atom. The van der Waals surface area contributed by atoms with Crippen LogP contribution in [-0.2, 0) is 32.7 Å². The molecule has 2 atom stereocenters. The Bertz CT molecular complexity index is 825. The average molecular weight is 600 g/mol. The highest BCUT2D eigenvalue weighted by Gasteiger charge is 2.25. The fourth-order valence-electron chi connectivity index (χ4n) is 3.64.